The van der Waals surface area contributed by atoms with E-state index in [4.69, 9.17) is 10.8 Å². The van der Waals surface area contributed by atoms with Crippen molar-refractivity contribution in [1.82, 2.24) is 5.32 Å². The zero-order valence-electron chi connectivity index (χ0n) is 10.8. The molecular formula is C13H22N2O2S. The summed E-state index contributed by atoms with van der Waals surface area (Å²) in [6, 6.07) is 3.17. The zero-order chi connectivity index (χ0) is 13.4. The molecule has 0 fully saturated rings. The summed E-state index contributed by atoms with van der Waals surface area (Å²) < 4.78 is 0. The van der Waals surface area contributed by atoms with Crippen molar-refractivity contribution in [3.63, 3.8) is 0 Å². The lowest BCUT2D eigenvalue weighted by Crippen LogP contribution is -2.36. The Kier molecular flexibility index (Phi) is 6.93. The highest BCUT2D eigenvalue weighted by molar-refractivity contribution is 7.10. The van der Waals surface area contributed by atoms with Gasteiger partial charge in [0.1, 0.15) is 6.04 Å². The highest BCUT2D eigenvalue weighted by Crippen LogP contribution is 2.17. The normalized spacial score (nSPS) is 14.2. The maximum atomic E-state index is 11.9. The molecule has 0 bridgehead atoms. The second-order valence-corrected chi connectivity index (χ2v) is 5.38. The Hall–Kier alpha value is -0.910. The number of carbonyl (C=O) groups excluding carboxylic acids is 1. The molecule has 1 heterocycles. The van der Waals surface area contributed by atoms with Crippen LogP contribution in [0.1, 0.15) is 37.1 Å². The first kappa shape index (κ1) is 15.1. The SMILES string of the molecule is CCCC(CCO)CNC(=O)C(N)c1cccs1. The van der Waals surface area contributed by atoms with E-state index in [0.29, 0.717) is 12.5 Å². The van der Waals surface area contributed by atoms with E-state index in [1.807, 2.05) is 17.5 Å². The summed E-state index contributed by atoms with van der Waals surface area (Å²) in [4.78, 5) is 12.7. The molecule has 0 radical (unpaired) electrons. The van der Waals surface area contributed by atoms with Crippen molar-refractivity contribution in [1.29, 1.82) is 0 Å². The van der Waals surface area contributed by atoms with Gasteiger partial charge in [0, 0.05) is 18.0 Å². The lowest BCUT2D eigenvalue weighted by Gasteiger charge is -2.17. The third-order valence-electron chi connectivity index (χ3n) is 2.93. The summed E-state index contributed by atoms with van der Waals surface area (Å²) in [5.41, 5.74) is 5.87. The van der Waals surface area contributed by atoms with Gasteiger partial charge in [-0.25, -0.2) is 0 Å². The molecule has 5 heteroatoms. The van der Waals surface area contributed by atoms with Crippen LogP contribution in [-0.2, 0) is 4.79 Å². The highest BCUT2D eigenvalue weighted by atomic mass is 32.1. The molecule has 2 unspecified atom stereocenters. The number of hydrogen-bond donors (Lipinski definition) is 3. The van der Waals surface area contributed by atoms with Crippen LogP contribution in [-0.4, -0.2) is 24.2 Å². The smallest absolute Gasteiger partial charge is 0.242 e. The minimum atomic E-state index is -0.582. The molecule has 4 nitrogen and oxygen atoms in total. The number of nitrogens with one attached hydrogen (secondary N) is 1. The predicted octanol–water partition coefficient (Wildman–Crippen LogP) is 1.66. The van der Waals surface area contributed by atoms with Crippen LogP contribution in [0.2, 0.25) is 0 Å². The maximum absolute atomic E-state index is 11.9. The van der Waals surface area contributed by atoms with Crippen LogP contribution < -0.4 is 11.1 Å². The molecule has 1 aromatic rings. The van der Waals surface area contributed by atoms with Crippen molar-refractivity contribution in [3.05, 3.63) is 22.4 Å². The van der Waals surface area contributed by atoms with Crippen molar-refractivity contribution >= 4 is 17.2 Å². The van der Waals surface area contributed by atoms with Gasteiger partial charge in [-0.05, 0) is 30.2 Å². The number of amides is 1. The molecular weight excluding hydrogens is 248 g/mol. The average Bonchev–Trinajstić information content (AvgIpc) is 2.89. The molecule has 0 aromatic carbocycles. The van der Waals surface area contributed by atoms with Crippen LogP contribution in [0.25, 0.3) is 0 Å². The topological polar surface area (TPSA) is 75.3 Å². The van der Waals surface area contributed by atoms with E-state index in [1.54, 1.807) is 0 Å². The Morgan fingerprint density at radius 3 is 2.89 bits per heavy atom. The van der Waals surface area contributed by atoms with Crippen molar-refractivity contribution in [2.75, 3.05) is 13.2 Å². The van der Waals surface area contributed by atoms with E-state index in [-0.39, 0.29) is 12.5 Å². The van der Waals surface area contributed by atoms with Crippen molar-refractivity contribution in [2.45, 2.75) is 32.2 Å². The number of aliphatic hydroxyl groups excluding tert-OH is 1. The standard InChI is InChI=1S/C13H22N2O2S/c1-2-4-10(6-7-16)9-15-13(17)12(14)11-5-3-8-18-11/h3,5,8,10,12,16H,2,4,6-7,9,14H2,1H3,(H,15,17). The summed E-state index contributed by atoms with van der Waals surface area (Å²) in [6.45, 7) is 2.85. The molecule has 1 rings (SSSR count). The number of carbonyl (C=O) groups is 1. The summed E-state index contributed by atoms with van der Waals surface area (Å²) in [6.07, 6.45) is 2.79. The van der Waals surface area contributed by atoms with Crippen LogP contribution in [0.3, 0.4) is 0 Å². The van der Waals surface area contributed by atoms with E-state index in [9.17, 15) is 4.79 Å². The summed E-state index contributed by atoms with van der Waals surface area (Å²) in [7, 11) is 0. The van der Waals surface area contributed by atoms with Gasteiger partial charge in [0.25, 0.3) is 0 Å². The van der Waals surface area contributed by atoms with Gasteiger partial charge in [0.2, 0.25) is 5.91 Å². The zero-order valence-corrected chi connectivity index (χ0v) is 11.6. The van der Waals surface area contributed by atoms with Crippen molar-refractivity contribution in [3.8, 4) is 0 Å². The van der Waals surface area contributed by atoms with Crippen LogP contribution in [0.5, 0.6) is 0 Å². The quantitative estimate of drug-likeness (QED) is 0.672. The van der Waals surface area contributed by atoms with Crippen LogP contribution in [0.15, 0.2) is 17.5 Å². The molecule has 0 spiro atoms. The molecule has 0 saturated heterocycles. The third kappa shape index (κ3) is 4.76. The lowest BCUT2D eigenvalue weighted by molar-refractivity contribution is -0.122. The largest absolute Gasteiger partial charge is 0.396 e. The second-order valence-electron chi connectivity index (χ2n) is 4.41. The first-order chi connectivity index (χ1) is 8.69. The third-order valence-corrected chi connectivity index (χ3v) is 3.89. The second kappa shape index (κ2) is 8.24. The van der Waals surface area contributed by atoms with Gasteiger partial charge in [0.15, 0.2) is 0 Å². The van der Waals surface area contributed by atoms with Gasteiger partial charge >= 0.3 is 0 Å². The molecule has 0 aliphatic heterocycles. The number of aliphatic hydroxyl groups is 1. The van der Waals surface area contributed by atoms with E-state index in [0.717, 1.165) is 24.1 Å². The molecule has 0 saturated carbocycles. The highest BCUT2D eigenvalue weighted by Gasteiger charge is 2.17. The minimum Gasteiger partial charge on any atom is -0.396 e. The Labute approximate surface area is 112 Å². The first-order valence-electron chi connectivity index (χ1n) is 6.36. The molecule has 18 heavy (non-hydrogen) atoms. The number of thiophene rings is 1. The summed E-state index contributed by atoms with van der Waals surface area (Å²) in [5, 5.41) is 13.7. The van der Waals surface area contributed by atoms with Gasteiger partial charge in [-0.2, -0.15) is 0 Å². The van der Waals surface area contributed by atoms with Gasteiger partial charge in [0.05, 0.1) is 0 Å². The average molecular weight is 270 g/mol. The predicted molar refractivity (Wildman–Crippen MR) is 74.4 cm³/mol. The molecule has 102 valence electrons. The van der Waals surface area contributed by atoms with Crippen LogP contribution in [0.4, 0.5) is 0 Å². The van der Waals surface area contributed by atoms with Gasteiger partial charge in [-0.15, -0.1) is 11.3 Å². The fraction of sp³-hybridized carbons (Fsp3) is 0.615. The first-order valence-corrected chi connectivity index (χ1v) is 7.24. The van der Waals surface area contributed by atoms with E-state index in [1.165, 1.54) is 11.3 Å². The van der Waals surface area contributed by atoms with Gasteiger partial charge in [-0.1, -0.05) is 19.4 Å². The van der Waals surface area contributed by atoms with Crippen molar-refractivity contribution in [2.24, 2.45) is 11.7 Å². The fourth-order valence-electron chi connectivity index (χ4n) is 1.89. The summed E-state index contributed by atoms with van der Waals surface area (Å²) >= 11 is 1.49. The van der Waals surface area contributed by atoms with Gasteiger partial charge in [-0.3, -0.25) is 4.79 Å². The Morgan fingerprint density at radius 1 is 1.56 bits per heavy atom. The maximum Gasteiger partial charge on any atom is 0.242 e. The Bertz CT molecular complexity index is 335. The van der Waals surface area contributed by atoms with Crippen LogP contribution in [0, 0.1) is 5.92 Å². The Morgan fingerprint density at radius 2 is 2.33 bits per heavy atom. The lowest BCUT2D eigenvalue weighted by atomic mass is 10.00. The molecule has 1 amide bonds. The molecule has 2 atom stereocenters. The van der Waals surface area contributed by atoms with E-state index in [2.05, 4.69) is 12.2 Å². The Balaban J connectivity index is 2.39. The van der Waals surface area contributed by atoms with Crippen LogP contribution >= 0.6 is 11.3 Å². The van der Waals surface area contributed by atoms with Gasteiger partial charge < -0.3 is 16.2 Å². The molecule has 4 N–H and O–H groups in total. The monoisotopic (exact) mass is 270 g/mol. The van der Waals surface area contributed by atoms with E-state index >= 15 is 0 Å². The number of hydrogen-bond acceptors (Lipinski definition) is 4. The number of nitrogens with two attached hydrogens (primary N) is 1. The van der Waals surface area contributed by atoms with Crippen molar-refractivity contribution < 1.29 is 9.90 Å². The molecule has 0 aliphatic carbocycles. The molecule has 0 aliphatic rings. The summed E-state index contributed by atoms with van der Waals surface area (Å²) in [5.74, 6) is 0.191. The minimum absolute atomic E-state index is 0.142. The molecule has 1 aromatic heterocycles. The fourth-order valence-corrected chi connectivity index (χ4v) is 2.62. The number of rotatable bonds is 8. The van der Waals surface area contributed by atoms with E-state index < -0.39 is 6.04 Å².